The zero-order valence-electron chi connectivity index (χ0n) is 13.9. The van der Waals surface area contributed by atoms with Crippen molar-refractivity contribution in [1.82, 2.24) is 10.3 Å². The summed E-state index contributed by atoms with van der Waals surface area (Å²) in [5.41, 5.74) is 2.34. The minimum atomic E-state index is -0.316. The van der Waals surface area contributed by atoms with Crippen molar-refractivity contribution in [2.75, 3.05) is 5.32 Å². The molecule has 1 saturated carbocycles. The number of hydrogen-bond donors (Lipinski definition) is 2. The third kappa shape index (κ3) is 3.79. The van der Waals surface area contributed by atoms with Gasteiger partial charge in [-0.25, -0.2) is 4.98 Å². The Morgan fingerprint density at radius 2 is 1.67 bits per heavy atom. The molecule has 0 radical (unpaired) electrons. The van der Waals surface area contributed by atoms with Crippen LogP contribution in [0.5, 0.6) is 0 Å². The number of para-hydroxylation sites is 1. The molecule has 1 aromatic carbocycles. The molecule has 0 aliphatic heterocycles. The first kappa shape index (κ1) is 16.2. The highest BCUT2D eigenvalue weighted by Crippen LogP contribution is 2.24. The van der Waals surface area contributed by atoms with Crippen molar-refractivity contribution in [2.24, 2.45) is 0 Å². The maximum Gasteiger partial charge on any atom is 0.274 e. The third-order valence-electron chi connectivity index (χ3n) is 3.96. The lowest BCUT2D eigenvalue weighted by atomic mass is 10.0. The summed E-state index contributed by atoms with van der Waals surface area (Å²) < 4.78 is 0. The van der Waals surface area contributed by atoms with E-state index in [4.69, 9.17) is 0 Å². The molecule has 5 heteroatoms. The predicted molar refractivity (Wildman–Crippen MR) is 93.2 cm³/mol. The van der Waals surface area contributed by atoms with Gasteiger partial charge in [-0.15, -0.1) is 0 Å². The number of aromatic nitrogens is 1. The quantitative estimate of drug-likeness (QED) is 0.886. The van der Waals surface area contributed by atoms with Crippen LogP contribution in [0.4, 0.5) is 5.69 Å². The van der Waals surface area contributed by atoms with Gasteiger partial charge in [-0.1, -0.05) is 38.1 Å². The zero-order chi connectivity index (χ0) is 17.1. The first-order valence-electron chi connectivity index (χ1n) is 8.23. The molecule has 0 bridgehead atoms. The van der Waals surface area contributed by atoms with Crippen LogP contribution in [-0.2, 0) is 0 Å². The summed E-state index contributed by atoms with van der Waals surface area (Å²) in [4.78, 5) is 28.8. The van der Waals surface area contributed by atoms with Crippen molar-refractivity contribution < 1.29 is 9.59 Å². The molecule has 3 rings (SSSR count). The van der Waals surface area contributed by atoms with E-state index in [2.05, 4.69) is 29.5 Å². The van der Waals surface area contributed by atoms with Crippen molar-refractivity contribution in [2.45, 2.75) is 38.6 Å². The second kappa shape index (κ2) is 6.83. The Morgan fingerprint density at radius 1 is 1.00 bits per heavy atom. The van der Waals surface area contributed by atoms with Crippen molar-refractivity contribution in [3.05, 3.63) is 59.4 Å². The van der Waals surface area contributed by atoms with Crippen LogP contribution in [0.25, 0.3) is 0 Å². The van der Waals surface area contributed by atoms with Crippen LogP contribution in [0.3, 0.4) is 0 Å². The fourth-order valence-corrected chi connectivity index (χ4v) is 2.48. The van der Waals surface area contributed by atoms with Gasteiger partial charge in [-0.05, 0) is 42.5 Å². The van der Waals surface area contributed by atoms with Gasteiger partial charge < -0.3 is 10.6 Å². The minimum Gasteiger partial charge on any atom is -0.348 e. The highest BCUT2D eigenvalue weighted by atomic mass is 16.2. The zero-order valence-corrected chi connectivity index (χ0v) is 13.9. The van der Waals surface area contributed by atoms with E-state index in [1.807, 2.05) is 24.3 Å². The topological polar surface area (TPSA) is 71.1 Å². The van der Waals surface area contributed by atoms with Crippen LogP contribution in [0.1, 0.15) is 59.1 Å². The van der Waals surface area contributed by atoms with Crippen LogP contribution in [-0.4, -0.2) is 22.8 Å². The molecule has 2 aromatic rings. The maximum absolute atomic E-state index is 12.5. The van der Waals surface area contributed by atoms with Crippen molar-refractivity contribution >= 4 is 17.5 Å². The molecule has 24 heavy (non-hydrogen) atoms. The van der Waals surface area contributed by atoms with E-state index in [1.54, 1.807) is 18.2 Å². The monoisotopic (exact) mass is 323 g/mol. The highest BCUT2D eigenvalue weighted by Gasteiger charge is 2.24. The Labute approximate surface area is 141 Å². The fraction of sp³-hybridized carbons (Fsp3) is 0.316. The molecule has 0 saturated heterocycles. The Hall–Kier alpha value is -2.69. The number of nitrogens with zero attached hydrogens (tertiary/aromatic N) is 1. The number of nitrogens with one attached hydrogen (secondary N) is 2. The molecule has 1 aromatic heterocycles. The van der Waals surface area contributed by atoms with Gasteiger partial charge in [0.25, 0.3) is 11.8 Å². The Bertz CT molecular complexity index is 767. The lowest BCUT2D eigenvalue weighted by molar-refractivity contribution is 0.0946. The summed E-state index contributed by atoms with van der Waals surface area (Å²) in [5.74, 6) is -0.246. The van der Waals surface area contributed by atoms with Crippen LogP contribution in [0.2, 0.25) is 0 Å². The average Bonchev–Trinajstić information content (AvgIpc) is 3.39. The molecule has 0 unspecified atom stereocenters. The predicted octanol–water partition coefficient (Wildman–Crippen LogP) is 3.35. The number of carbonyl (C=O) groups excluding carboxylic acids is 2. The van der Waals surface area contributed by atoms with Gasteiger partial charge in [0.2, 0.25) is 0 Å². The van der Waals surface area contributed by atoms with E-state index in [-0.39, 0.29) is 29.2 Å². The van der Waals surface area contributed by atoms with Gasteiger partial charge in [0.05, 0.1) is 0 Å². The van der Waals surface area contributed by atoms with Crippen LogP contribution >= 0.6 is 0 Å². The molecule has 5 nitrogen and oxygen atoms in total. The van der Waals surface area contributed by atoms with E-state index in [0.717, 1.165) is 24.1 Å². The largest absolute Gasteiger partial charge is 0.348 e. The van der Waals surface area contributed by atoms with Gasteiger partial charge in [-0.2, -0.15) is 0 Å². The summed E-state index contributed by atoms with van der Waals surface area (Å²) in [6, 6.07) is 12.9. The van der Waals surface area contributed by atoms with Crippen molar-refractivity contribution in [3.63, 3.8) is 0 Å². The van der Waals surface area contributed by atoms with Crippen LogP contribution in [0, 0.1) is 0 Å². The Kier molecular flexibility index (Phi) is 4.60. The molecule has 1 fully saturated rings. The van der Waals surface area contributed by atoms with E-state index in [0.29, 0.717) is 5.92 Å². The minimum absolute atomic E-state index is 0.227. The molecule has 1 aliphatic rings. The van der Waals surface area contributed by atoms with Crippen molar-refractivity contribution in [3.8, 4) is 0 Å². The van der Waals surface area contributed by atoms with Gasteiger partial charge in [0.1, 0.15) is 11.4 Å². The number of carbonyl (C=O) groups is 2. The normalized spacial score (nSPS) is 13.6. The molecular formula is C19H21N3O2. The smallest absolute Gasteiger partial charge is 0.274 e. The highest BCUT2D eigenvalue weighted by molar-refractivity contribution is 6.04. The molecule has 0 atom stereocenters. The lowest BCUT2D eigenvalue weighted by Crippen LogP contribution is -2.27. The summed E-state index contributed by atoms with van der Waals surface area (Å²) >= 11 is 0. The fourth-order valence-electron chi connectivity index (χ4n) is 2.48. The van der Waals surface area contributed by atoms with Gasteiger partial charge in [0, 0.05) is 11.7 Å². The van der Waals surface area contributed by atoms with Gasteiger partial charge in [0.15, 0.2) is 0 Å². The van der Waals surface area contributed by atoms with E-state index < -0.39 is 0 Å². The molecule has 1 heterocycles. The Balaban J connectivity index is 1.76. The van der Waals surface area contributed by atoms with E-state index in [1.165, 1.54) is 0 Å². The third-order valence-corrected chi connectivity index (χ3v) is 3.96. The summed E-state index contributed by atoms with van der Waals surface area (Å²) in [7, 11) is 0. The molecular weight excluding hydrogens is 302 g/mol. The second-order valence-electron chi connectivity index (χ2n) is 6.35. The number of rotatable bonds is 5. The Morgan fingerprint density at radius 3 is 2.33 bits per heavy atom. The van der Waals surface area contributed by atoms with E-state index in [9.17, 15) is 9.59 Å². The SMILES string of the molecule is CC(C)c1ccccc1NC(=O)c1cccc(C(=O)NC2CC2)n1. The average molecular weight is 323 g/mol. The number of pyridine rings is 1. The van der Waals surface area contributed by atoms with Gasteiger partial charge >= 0.3 is 0 Å². The van der Waals surface area contributed by atoms with Crippen LogP contribution in [0.15, 0.2) is 42.5 Å². The molecule has 0 spiro atoms. The molecule has 124 valence electrons. The van der Waals surface area contributed by atoms with Gasteiger partial charge in [-0.3, -0.25) is 9.59 Å². The number of anilines is 1. The summed E-state index contributed by atoms with van der Waals surface area (Å²) in [6.45, 7) is 4.15. The molecule has 1 aliphatic carbocycles. The second-order valence-corrected chi connectivity index (χ2v) is 6.35. The number of benzene rings is 1. The number of amides is 2. The molecule has 2 amide bonds. The summed E-state index contributed by atoms with van der Waals surface area (Å²) in [5, 5.41) is 5.77. The van der Waals surface area contributed by atoms with Crippen LogP contribution < -0.4 is 10.6 Å². The van der Waals surface area contributed by atoms with E-state index >= 15 is 0 Å². The lowest BCUT2D eigenvalue weighted by Gasteiger charge is -2.13. The van der Waals surface area contributed by atoms with Crippen molar-refractivity contribution in [1.29, 1.82) is 0 Å². The first-order valence-corrected chi connectivity index (χ1v) is 8.23. The first-order chi connectivity index (χ1) is 11.5. The molecule has 2 N–H and O–H groups in total. The standard InChI is InChI=1S/C19H21N3O2/c1-12(2)14-6-3-4-7-15(14)22-19(24)17-9-5-8-16(21-17)18(23)20-13-10-11-13/h3-9,12-13H,10-11H2,1-2H3,(H,20,23)(H,22,24). The maximum atomic E-state index is 12.5. The number of hydrogen-bond acceptors (Lipinski definition) is 3. The summed E-state index contributed by atoms with van der Waals surface area (Å²) in [6.07, 6.45) is 2.02.